The van der Waals surface area contributed by atoms with Gasteiger partial charge in [-0.2, -0.15) is 0 Å². The van der Waals surface area contributed by atoms with Crippen LogP contribution in [0.25, 0.3) is 72.5 Å². The first kappa shape index (κ1) is 36.2. The average molecular weight is 798 g/mol. The van der Waals surface area contributed by atoms with E-state index in [9.17, 15) is 0 Å². The van der Waals surface area contributed by atoms with Gasteiger partial charge in [-0.25, -0.2) is 15.0 Å². The topological polar surface area (TPSA) is 46.8 Å². The van der Waals surface area contributed by atoms with Crippen LogP contribution in [0, 0.1) is 0 Å². The molecule has 2 atom stereocenters. The molecule has 0 saturated carbocycles. The predicted molar refractivity (Wildman–Crippen MR) is 256 cm³/mol. The van der Waals surface area contributed by atoms with Gasteiger partial charge in [0.15, 0.2) is 17.5 Å². The normalized spacial score (nSPS) is 17.8. The molecule has 5 nitrogen and oxygen atoms in total. The standard InChI is InChI=1S/C57H43N5/c1-4-16-38(17-5-1)55-58-56(39-18-6-2-7-19-39)60-57(59-55)44-22-14-20-40(34-44)42-31-33-53-50(36-42)48-27-11-13-29-52(48)62(53)46-25-15-21-41(35-46)43-30-32-49-47-26-10-12-28-51(47)61(54(49)37-43)45-23-8-3-9-24-45/h1,4-6,8,10-37,49,54H,2-3,7,9H2. The van der Waals surface area contributed by atoms with Gasteiger partial charge < -0.3 is 9.47 Å². The fraction of sp³-hybridized carbons (Fsp3) is 0.105. The highest BCUT2D eigenvalue weighted by atomic mass is 15.2. The van der Waals surface area contributed by atoms with Crippen molar-refractivity contribution in [3.8, 4) is 39.6 Å². The Morgan fingerprint density at radius 2 is 1.18 bits per heavy atom. The lowest BCUT2D eigenvalue weighted by molar-refractivity contribution is 0.727. The summed E-state index contributed by atoms with van der Waals surface area (Å²) in [5.41, 5.74) is 15.2. The Bertz CT molecular complexity index is 3270. The minimum Gasteiger partial charge on any atom is -0.334 e. The van der Waals surface area contributed by atoms with Gasteiger partial charge in [0.1, 0.15) is 0 Å². The lowest BCUT2D eigenvalue weighted by atomic mass is 9.86. The number of hydrogen-bond donors (Lipinski definition) is 0. The van der Waals surface area contributed by atoms with E-state index in [4.69, 9.17) is 15.0 Å². The van der Waals surface area contributed by atoms with Crippen LogP contribution in [0.1, 0.15) is 48.6 Å². The van der Waals surface area contributed by atoms with Crippen LogP contribution in [-0.4, -0.2) is 25.6 Å². The van der Waals surface area contributed by atoms with Crippen molar-refractivity contribution in [1.82, 2.24) is 19.5 Å². The summed E-state index contributed by atoms with van der Waals surface area (Å²) in [7, 11) is 0. The fourth-order valence-electron chi connectivity index (χ4n) is 9.84. The molecule has 2 aromatic heterocycles. The van der Waals surface area contributed by atoms with Crippen molar-refractivity contribution in [3.63, 3.8) is 0 Å². The molecule has 3 aliphatic carbocycles. The second-order valence-corrected chi connectivity index (χ2v) is 16.6. The lowest BCUT2D eigenvalue weighted by Gasteiger charge is -2.31. The van der Waals surface area contributed by atoms with Gasteiger partial charge in [0.2, 0.25) is 0 Å². The van der Waals surface area contributed by atoms with Crippen LogP contribution in [-0.2, 0) is 0 Å². The van der Waals surface area contributed by atoms with Crippen LogP contribution in [0.4, 0.5) is 5.69 Å². The zero-order valence-corrected chi connectivity index (χ0v) is 34.3. The molecule has 5 heteroatoms. The highest BCUT2D eigenvalue weighted by Gasteiger charge is 2.38. The summed E-state index contributed by atoms with van der Waals surface area (Å²) < 4.78 is 2.42. The molecule has 296 valence electrons. The molecule has 62 heavy (non-hydrogen) atoms. The van der Waals surface area contributed by atoms with Crippen molar-refractivity contribution >= 4 is 38.6 Å². The van der Waals surface area contributed by atoms with E-state index in [1.807, 2.05) is 18.2 Å². The summed E-state index contributed by atoms with van der Waals surface area (Å²) >= 11 is 0. The van der Waals surface area contributed by atoms with Gasteiger partial charge in [0.05, 0.1) is 17.1 Å². The van der Waals surface area contributed by atoms with Crippen molar-refractivity contribution in [2.24, 2.45) is 0 Å². The van der Waals surface area contributed by atoms with Gasteiger partial charge in [0.25, 0.3) is 0 Å². The molecule has 0 fully saturated rings. The van der Waals surface area contributed by atoms with Crippen molar-refractivity contribution in [1.29, 1.82) is 0 Å². The number of para-hydroxylation sites is 2. The molecular formula is C57H43N5. The Kier molecular flexibility index (Phi) is 8.84. The first-order chi connectivity index (χ1) is 30.7. The van der Waals surface area contributed by atoms with Gasteiger partial charge >= 0.3 is 0 Å². The minimum atomic E-state index is 0.222. The molecule has 6 aromatic carbocycles. The summed E-state index contributed by atoms with van der Waals surface area (Å²) in [6, 6.07) is 52.7. The summed E-state index contributed by atoms with van der Waals surface area (Å²) in [4.78, 5) is 17.6. The van der Waals surface area contributed by atoms with E-state index in [-0.39, 0.29) is 6.04 Å². The molecule has 3 heterocycles. The molecule has 8 aromatic rings. The van der Waals surface area contributed by atoms with Crippen molar-refractivity contribution < 1.29 is 0 Å². The van der Waals surface area contributed by atoms with Crippen LogP contribution in [0.15, 0.2) is 206 Å². The van der Waals surface area contributed by atoms with Gasteiger partial charge in [-0.05, 0) is 102 Å². The number of fused-ring (bicyclic) bond motifs is 6. The Morgan fingerprint density at radius 1 is 0.468 bits per heavy atom. The van der Waals surface area contributed by atoms with E-state index >= 15 is 0 Å². The molecule has 12 rings (SSSR count). The van der Waals surface area contributed by atoms with E-state index in [0.717, 1.165) is 59.2 Å². The largest absolute Gasteiger partial charge is 0.334 e. The van der Waals surface area contributed by atoms with Gasteiger partial charge in [-0.15, -0.1) is 0 Å². The second-order valence-electron chi connectivity index (χ2n) is 16.6. The predicted octanol–water partition coefficient (Wildman–Crippen LogP) is 13.9. The third-order valence-electron chi connectivity index (χ3n) is 12.8. The quantitative estimate of drug-likeness (QED) is 0.161. The van der Waals surface area contributed by atoms with Crippen LogP contribution in [0.3, 0.4) is 0 Å². The smallest absolute Gasteiger partial charge is 0.164 e. The maximum absolute atomic E-state index is 5.05. The molecule has 4 aliphatic rings. The Morgan fingerprint density at radius 3 is 2.05 bits per heavy atom. The van der Waals surface area contributed by atoms with Crippen molar-refractivity contribution in [3.05, 3.63) is 223 Å². The van der Waals surface area contributed by atoms with Crippen LogP contribution < -0.4 is 4.90 Å². The van der Waals surface area contributed by atoms with Gasteiger partial charge in [-0.1, -0.05) is 152 Å². The third kappa shape index (κ3) is 6.28. The highest BCUT2D eigenvalue weighted by Crippen LogP contribution is 2.48. The maximum atomic E-state index is 5.05. The number of rotatable bonds is 7. The minimum absolute atomic E-state index is 0.222. The van der Waals surface area contributed by atoms with E-state index in [1.165, 1.54) is 49.9 Å². The van der Waals surface area contributed by atoms with E-state index in [1.54, 1.807) is 0 Å². The molecule has 0 radical (unpaired) electrons. The zero-order chi connectivity index (χ0) is 41.0. The van der Waals surface area contributed by atoms with Crippen molar-refractivity contribution in [2.75, 3.05) is 4.90 Å². The van der Waals surface area contributed by atoms with Crippen LogP contribution >= 0.6 is 0 Å². The fourth-order valence-corrected chi connectivity index (χ4v) is 9.84. The summed E-state index contributed by atoms with van der Waals surface area (Å²) in [6.07, 6.45) is 25.0. The number of allylic oxidation sites excluding steroid dienone is 9. The molecule has 0 spiro atoms. The van der Waals surface area contributed by atoms with E-state index in [0.29, 0.717) is 23.4 Å². The van der Waals surface area contributed by atoms with Crippen LogP contribution in [0.5, 0.6) is 0 Å². The number of anilines is 1. The van der Waals surface area contributed by atoms with E-state index in [2.05, 4.69) is 192 Å². The van der Waals surface area contributed by atoms with Gasteiger partial charge in [0, 0.05) is 50.5 Å². The highest BCUT2D eigenvalue weighted by molar-refractivity contribution is 6.10. The average Bonchev–Trinajstić information content (AvgIpc) is 3.87. The van der Waals surface area contributed by atoms with E-state index < -0.39 is 0 Å². The Hall–Kier alpha value is -7.63. The molecule has 0 amide bonds. The molecule has 2 unspecified atom stereocenters. The Labute approximate surface area is 361 Å². The number of hydrogen-bond acceptors (Lipinski definition) is 4. The Balaban J connectivity index is 0.917. The van der Waals surface area contributed by atoms with Crippen molar-refractivity contribution in [2.45, 2.75) is 37.6 Å². The summed E-state index contributed by atoms with van der Waals surface area (Å²) in [5.74, 6) is 2.36. The molecular weight excluding hydrogens is 755 g/mol. The summed E-state index contributed by atoms with van der Waals surface area (Å²) in [5, 5.41) is 2.44. The molecule has 0 saturated heterocycles. The maximum Gasteiger partial charge on any atom is 0.164 e. The zero-order valence-electron chi connectivity index (χ0n) is 34.3. The molecule has 1 aliphatic heterocycles. The number of aromatic nitrogens is 4. The molecule has 0 N–H and O–H groups in total. The third-order valence-corrected chi connectivity index (χ3v) is 12.8. The first-order valence-corrected chi connectivity index (χ1v) is 21.8. The monoisotopic (exact) mass is 797 g/mol. The SMILES string of the molecule is C1=CC(c2nc(-c3ccccc3)nc(-c3cccc(-c4ccc5c(c4)c4ccccc4n5-c4cccc(C5=CC6C(C=C5)c5ccccc5N6C5=CCCC=C5)c4)c3)n2)=CCC1. The van der Waals surface area contributed by atoms with Gasteiger partial charge in [-0.3, -0.25) is 0 Å². The van der Waals surface area contributed by atoms with Crippen LogP contribution in [0.2, 0.25) is 0 Å². The molecule has 0 bridgehead atoms. The summed E-state index contributed by atoms with van der Waals surface area (Å²) in [6.45, 7) is 0. The lowest BCUT2D eigenvalue weighted by Crippen LogP contribution is -2.32. The number of nitrogens with zero attached hydrogens (tertiary/aromatic N) is 5. The first-order valence-electron chi connectivity index (χ1n) is 21.8. The number of benzene rings is 6. The second kappa shape index (κ2) is 15.1.